The van der Waals surface area contributed by atoms with Crippen molar-refractivity contribution in [2.75, 3.05) is 7.11 Å². The number of rotatable bonds is 3. The number of nitrogens with zero attached hydrogens (tertiary/aromatic N) is 1. The van der Waals surface area contributed by atoms with Crippen LogP contribution >= 0.6 is 0 Å². The number of benzene rings is 1. The Morgan fingerprint density at radius 3 is 2.48 bits per heavy atom. The summed E-state index contributed by atoms with van der Waals surface area (Å²) < 4.78 is 58.1. The Bertz CT molecular complexity index is 772. The van der Waals surface area contributed by atoms with Gasteiger partial charge in [-0.2, -0.15) is 13.2 Å². The maximum atomic E-state index is 14.5. The number of alkyl halides is 3. The summed E-state index contributed by atoms with van der Waals surface area (Å²) in [4.78, 5) is 15.1. The van der Waals surface area contributed by atoms with Crippen molar-refractivity contribution in [1.29, 1.82) is 0 Å². The maximum Gasteiger partial charge on any atom is 0.419 e. The van der Waals surface area contributed by atoms with Gasteiger partial charge in [0.15, 0.2) is 0 Å². The summed E-state index contributed by atoms with van der Waals surface area (Å²) in [6.07, 6.45) is -3.96. The highest BCUT2D eigenvalue weighted by Crippen LogP contribution is 2.41. The number of aryl methyl sites for hydroxylation is 1. The second-order valence-corrected chi connectivity index (χ2v) is 4.68. The van der Waals surface area contributed by atoms with Crippen molar-refractivity contribution in [2.45, 2.75) is 13.1 Å². The minimum absolute atomic E-state index is 0.205. The predicted molar refractivity (Wildman–Crippen MR) is 72.9 cm³/mol. The Kier molecular flexibility index (Phi) is 4.26. The van der Waals surface area contributed by atoms with Crippen molar-refractivity contribution in [3.8, 4) is 16.9 Å². The molecule has 23 heavy (non-hydrogen) atoms. The Morgan fingerprint density at radius 1 is 1.30 bits per heavy atom. The normalized spacial score (nSPS) is 11.4. The van der Waals surface area contributed by atoms with Gasteiger partial charge in [-0.05, 0) is 25.1 Å². The van der Waals surface area contributed by atoms with E-state index in [-0.39, 0.29) is 11.3 Å². The molecule has 0 aliphatic heterocycles. The molecule has 0 amide bonds. The molecular weight excluding hydrogens is 318 g/mol. The third-order valence-corrected chi connectivity index (χ3v) is 3.17. The average Bonchev–Trinajstić information content (AvgIpc) is 2.44. The molecule has 1 aromatic carbocycles. The van der Waals surface area contributed by atoms with Crippen LogP contribution in [-0.2, 0) is 6.18 Å². The molecule has 1 heterocycles. The van der Waals surface area contributed by atoms with Gasteiger partial charge in [0.1, 0.15) is 11.6 Å². The highest BCUT2D eigenvalue weighted by atomic mass is 19.4. The lowest BCUT2D eigenvalue weighted by Crippen LogP contribution is -2.11. The summed E-state index contributed by atoms with van der Waals surface area (Å²) in [6, 6.07) is 2.69. The van der Waals surface area contributed by atoms with Crippen LogP contribution in [0.4, 0.5) is 17.6 Å². The number of pyridine rings is 1. The van der Waals surface area contributed by atoms with Crippen molar-refractivity contribution in [2.24, 2.45) is 0 Å². The standard InChI is InChI=1S/C15H11F4NO3/c1-7-5-8(9(6-20-7)14(21)22)12-11(23-2)4-3-10(13(12)16)15(17,18)19/h3-6H,1-2H3,(H,21,22). The number of ether oxygens (including phenoxy) is 1. The van der Waals surface area contributed by atoms with Crippen LogP contribution in [0.2, 0.25) is 0 Å². The van der Waals surface area contributed by atoms with E-state index in [9.17, 15) is 27.5 Å². The summed E-state index contributed by atoms with van der Waals surface area (Å²) in [5.41, 5.74) is -2.40. The number of methoxy groups -OCH3 is 1. The second kappa shape index (κ2) is 5.86. The van der Waals surface area contributed by atoms with E-state index in [1.807, 2.05) is 0 Å². The minimum atomic E-state index is -4.92. The van der Waals surface area contributed by atoms with Gasteiger partial charge in [-0.3, -0.25) is 4.98 Å². The average molecular weight is 329 g/mol. The first kappa shape index (κ1) is 16.7. The molecule has 1 N–H and O–H groups in total. The quantitative estimate of drug-likeness (QED) is 0.867. The first-order valence-electron chi connectivity index (χ1n) is 6.30. The van der Waals surface area contributed by atoms with E-state index in [4.69, 9.17) is 4.74 Å². The topological polar surface area (TPSA) is 59.4 Å². The van der Waals surface area contributed by atoms with Gasteiger partial charge in [0.25, 0.3) is 0 Å². The monoisotopic (exact) mass is 329 g/mol. The first-order valence-corrected chi connectivity index (χ1v) is 6.30. The van der Waals surface area contributed by atoms with Crippen LogP contribution in [0.5, 0.6) is 5.75 Å². The maximum absolute atomic E-state index is 14.5. The van der Waals surface area contributed by atoms with Crippen LogP contribution in [0.25, 0.3) is 11.1 Å². The second-order valence-electron chi connectivity index (χ2n) is 4.68. The Morgan fingerprint density at radius 2 is 1.96 bits per heavy atom. The number of hydrogen-bond acceptors (Lipinski definition) is 3. The fraction of sp³-hybridized carbons (Fsp3) is 0.200. The molecule has 2 rings (SSSR count). The van der Waals surface area contributed by atoms with E-state index in [0.717, 1.165) is 19.4 Å². The lowest BCUT2D eigenvalue weighted by Gasteiger charge is -2.16. The number of carboxylic acid groups (broad SMARTS) is 1. The summed E-state index contributed by atoms with van der Waals surface area (Å²) in [5, 5.41) is 9.18. The van der Waals surface area contributed by atoms with Crippen molar-refractivity contribution in [3.63, 3.8) is 0 Å². The fourth-order valence-corrected chi connectivity index (χ4v) is 2.14. The molecule has 0 aliphatic carbocycles. The van der Waals surface area contributed by atoms with Gasteiger partial charge in [-0.25, -0.2) is 9.18 Å². The summed E-state index contributed by atoms with van der Waals surface area (Å²) >= 11 is 0. The molecule has 0 radical (unpaired) electrons. The zero-order chi connectivity index (χ0) is 17.4. The Hall–Kier alpha value is -2.64. The zero-order valence-corrected chi connectivity index (χ0v) is 12.0. The van der Waals surface area contributed by atoms with Crippen LogP contribution in [0.15, 0.2) is 24.4 Å². The van der Waals surface area contributed by atoms with E-state index >= 15 is 0 Å². The first-order chi connectivity index (χ1) is 10.7. The lowest BCUT2D eigenvalue weighted by molar-refractivity contribution is -0.139. The molecule has 0 saturated carbocycles. The van der Waals surface area contributed by atoms with Gasteiger partial charge >= 0.3 is 12.1 Å². The smallest absolute Gasteiger partial charge is 0.419 e. The highest BCUT2D eigenvalue weighted by Gasteiger charge is 2.36. The molecule has 1 aromatic heterocycles. The van der Waals surface area contributed by atoms with Gasteiger partial charge in [-0.15, -0.1) is 0 Å². The molecule has 2 aromatic rings. The molecule has 0 fully saturated rings. The molecule has 8 heteroatoms. The van der Waals surface area contributed by atoms with Crippen molar-refractivity contribution in [1.82, 2.24) is 4.98 Å². The molecule has 0 bridgehead atoms. The van der Waals surface area contributed by atoms with E-state index in [1.54, 1.807) is 0 Å². The summed E-state index contributed by atoms with van der Waals surface area (Å²) in [5.74, 6) is -3.24. The molecular formula is C15H11F4NO3. The van der Waals surface area contributed by atoms with Gasteiger partial charge in [0.05, 0.1) is 23.8 Å². The summed E-state index contributed by atoms with van der Waals surface area (Å²) in [7, 11) is 1.15. The van der Waals surface area contributed by atoms with Crippen LogP contribution < -0.4 is 4.74 Å². The predicted octanol–water partition coefficient (Wildman–Crippen LogP) is 3.92. The lowest BCUT2D eigenvalue weighted by atomic mass is 9.96. The molecule has 0 spiro atoms. The molecule has 0 unspecified atom stereocenters. The van der Waals surface area contributed by atoms with Gasteiger partial charge < -0.3 is 9.84 Å². The van der Waals surface area contributed by atoms with Crippen LogP contribution in [0, 0.1) is 12.7 Å². The number of carbonyl (C=O) groups is 1. The van der Waals surface area contributed by atoms with E-state index in [0.29, 0.717) is 11.8 Å². The van der Waals surface area contributed by atoms with Crippen molar-refractivity contribution >= 4 is 5.97 Å². The Balaban J connectivity index is 2.87. The van der Waals surface area contributed by atoms with Crippen molar-refractivity contribution < 1.29 is 32.2 Å². The molecule has 0 atom stereocenters. The van der Waals surface area contributed by atoms with Crippen LogP contribution in [0.1, 0.15) is 21.6 Å². The zero-order valence-electron chi connectivity index (χ0n) is 12.0. The van der Waals surface area contributed by atoms with Crippen molar-refractivity contribution in [3.05, 3.63) is 47.0 Å². The number of aromatic carboxylic acids is 1. The summed E-state index contributed by atoms with van der Waals surface area (Å²) in [6.45, 7) is 1.51. The largest absolute Gasteiger partial charge is 0.496 e. The van der Waals surface area contributed by atoms with E-state index in [2.05, 4.69) is 4.98 Å². The minimum Gasteiger partial charge on any atom is -0.496 e. The van der Waals surface area contributed by atoms with Gasteiger partial charge in [0.2, 0.25) is 0 Å². The third kappa shape index (κ3) is 3.10. The fourth-order valence-electron chi connectivity index (χ4n) is 2.14. The van der Waals surface area contributed by atoms with Gasteiger partial charge in [0, 0.05) is 17.5 Å². The van der Waals surface area contributed by atoms with Crippen LogP contribution in [-0.4, -0.2) is 23.2 Å². The van der Waals surface area contributed by atoms with Gasteiger partial charge in [-0.1, -0.05) is 0 Å². The number of aromatic nitrogens is 1. The number of halogens is 4. The molecule has 4 nitrogen and oxygen atoms in total. The molecule has 0 saturated heterocycles. The highest BCUT2D eigenvalue weighted by molar-refractivity contribution is 5.97. The number of hydrogen-bond donors (Lipinski definition) is 1. The number of carboxylic acids is 1. The SMILES string of the molecule is COc1ccc(C(F)(F)F)c(F)c1-c1cc(C)ncc1C(=O)O. The van der Waals surface area contributed by atoms with E-state index in [1.165, 1.54) is 13.0 Å². The molecule has 122 valence electrons. The third-order valence-electron chi connectivity index (χ3n) is 3.17. The Labute approximate surface area is 128 Å². The van der Waals surface area contributed by atoms with Crippen LogP contribution in [0.3, 0.4) is 0 Å². The van der Waals surface area contributed by atoms with E-state index < -0.39 is 34.7 Å². The molecule has 0 aliphatic rings.